The first-order valence-electron chi connectivity index (χ1n) is 5.41. The Morgan fingerprint density at radius 3 is 2.25 bits per heavy atom. The van der Waals surface area contributed by atoms with Gasteiger partial charge >= 0.3 is 0 Å². The van der Waals surface area contributed by atoms with E-state index < -0.39 is 0 Å². The van der Waals surface area contributed by atoms with Gasteiger partial charge in [0.05, 0.1) is 0 Å². The molecule has 0 saturated heterocycles. The number of hydrogen-bond acceptors (Lipinski definition) is 1. The molecule has 1 nitrogen and oxygen atoms in total. The Morgan fingerprint density at radius 1 is 1.33 bits per heavy atom. The molecular weight excluding hydrogens is 146 g/mol. The van der Waals surface area contributed by atoms with E-state index in [0.717, 1.165) is 23.9 Å². The van der Waals surface area contributed by atoms with Crippen LogP contribution in [0.4, 0.5) is 0 Å². The summed E-state index contributed by atoms with van der Waals surface area (Å²) < 4.78 is 0. The maximum atomic E-state index is 3.75. The highest BCUT2D eigenvalue weighted by molar-refractivity contribution is 4.86. The van der Waals surface area contributed by atoms with Crippen molar-refractivity contribution in [2.75, 3.05) is 0 Å². The van der Waals surface area contributed by atoms with Crippen molar-refractivity contribution in [3.8, 4) is 0 Å². The molecule has 1 rings (SSSR count). The summed E-state index contributed by atoms with van der Waals surface area (Å²) in [4.78, 5) is 0. The van der Waals surface area contributed by atoms with Crippen LogP contribution in [0, 0.1) is 11.8 Å². The van der Waals surface area contributed by atoms with Crippen molar-refractivity contribution in [2.24, 2.45) is 11.8 Å². The molecular formula is C11H23N. The monoisotopic (exact) mass is 169 g/mol. The second kappa shape index (κ2) is 4.27. The zero-order chi connectivity index (χ0) is 9.14. The third-order valence-corrected chi connectivity index (χ3v) is 3.29. The SMILES string of the molecule is CCC(NC1CCC1C)C(C)C. The first kappa shape index (κ1) is 10.0. The molecule has 0 aliphatic heterocycles. The van der Waals surface area contributed by atoms with Crippen LogP contribution < -0.4 is 5.32 Å². The van der Waals surface area contributed by atoms with E-state index in [-0.39, 0.29) is 0 Å². The molecule has 1 aliphatic rings. The lowest BCUT2D eigenvalue weighted by atomic mass is 9.80. The van der Waals surface area contributed by atoms with E-state index in [1.165, 1.54) is 19.3 Å². The van der Waals surface area contributed by atoms with Crippen molar-refractivity contribution in [3.63, 3.8) is 0 Å². The maximum Gasteiger partial charge on any atom is 0.00955 e. The van der Waals surface area contributed by atoms with Crippen molar-refractivity contribution in [1.82, 2.24) is 5.32 Å². The van der Waals surface area contributed by atoms with Crippen LogP contribution in [0.3, 0.4) is 0 Å². The van der Waals surface area contributed by atoms with Crippen molar-refractivity contribution in [2.45, 2.75) is 59.0 Å². The van der Waals surface area contributed by atoms with E-state index in [4.69, 9.17) is 0 Å². The molecule has 0 heterocycles. The van der Waals surface area contributed by atoms with Gasteiger partial charge in [-0.15, -0.1) is 0 Å². The van der Waals surface area contributed by atoms with E-state index in [0.29, 0.717) is 0 Å². The fourth-order valence-corrected chi connectivity index (χ4v) is 1.97. The molecule has 3 atom stereocenters. The molecule has 0 bridgehead atoms. The molecule has 12 heavy (non-hydrogen) atoms. The lowest BCUT2D eigenvalue weighted by Crippen LogP contribution is -2.49. The van der Waals surface area contributed by atoms with Crippen LogP contribution in [-0.4, -0.2) is 12.1 Å². The Balaban J connectivity index is 2.27. The lowest BCUT2D eigenvalue weighted by Gasteiger charge is -2.38. The lowest BCUT2D eigenvalue weighted by molar-refractivity contribution is 0.190. The van der Waals surface area contributed by atoms with Gasteiger partial charge in [0.1, 0.15) is 0 Å². The van der Waals surface area contributed by atoms with Crippen LogP contribution in [0.1, 0.15) is 47.0 Å². The smallest absolute Gasteiger partial charge is 0.00955 e. The standard InChI is InChI=1S/C11H23N/c1-5-10(8(2)3)12-11-7-6-9(11)4/h8-12H,5-7H2,1-4H3. The Morgan fingerprint density at radius 2 is 2.00 bits per heavy atom. The van der Waals surface area contributed by atoms with Crippen LogP contribution in [0.25, 0.3) is 0 Å². The largest absolute Gasteiger partial charge is 0.311 e. The summed E-state index contributed by atoms with van der Waals surface area (Å²) in [7, 11) is 0. The van der Waals surface area contributed by atoms with Crippen LogP contribution >= 0.6 is 0 Å². The van der Waals surface area contributed by atoms with E-state index in [9.17, 15) is 0 Å². The molecule has 0 aromatic heterocycles. The fourth-order valence-electron chi connectivity index (χ4n) is 1.97. The predicted molar refractivity (Wildman–Crippen MR) is 54.2 cm³/mol. The Bertz CT molecular complexity index is 131. The van der Waals surface area contributed by atoms with Gasteiger partial charge in [0.15, 0.2) is 0 Å². The Hall–Kier alpha value is -0.0400. The highest BCUT2D eigenvalue weighted by atomic mass is 15.0. The van der Waals surface area contributed by atoms with Gasteiger partial charge < -0.3 is 5.32 Å². The molecule has 1 saturated carbocycles. The first-order valence-corrected chi connectivity index (χ1v) is 5.41. The predicted octanol–water partition coefficient (Wildman–Crippen LogP) is 2.81. The van der Waals surface area contributed by atoms with E-state index >= 15 is 0 Å². The van der Waals surface area contributed by atoms with Crippen LogP contribution in [0.15, 0.2) is 0 Å². The van der Waals surface area contributed by atoms with Crippen molar-refractivity contribution in [3.05, 3.63) is 0 Å². The fraction of sp³-hybridized carbons (Fsp3) is 1.00. The summed E-state index contributed by atoms with van der Waals surface area (Å²) in [6.07, 6.45) is 4.08. The van der Waals surface area contributed by atoms with Gasteiger partial charge in [-0.1, -0.05) is 27.7 Å². The molecule has 0 aromatic carbocycles. The second-order valence-corrected chi connectivity index (χ2v) is 4.59. The van der Waals surface area contributed by atoms with E-state index in [2.05, 4.69) is 33.0 Å². The minimum Gasteiger partial charge on any atom is -0.311 e. The summed E-state index contributed by atoms with van der Waals surface area (Å²) in [5.41, 5.74) is 0. The van der Waals surface area contributed by atoms with Crippen LogP contribution in [-0.2, 0) is 0 Å². The van der Waals surface area contributed by atoms with Crippen molar-refractivity contribution >= 4 is 0 Å². The number of nitrogens with one attached hydrogen (secondary N) is 1. The molecule has 3 unspecified atom stereocenters. The summed E-state index contributed by atoms with van der Waals surface area (Å²) in [5, 5.41) is 3.75. The highest BCUT2D eigenvalue weighted by Gasteiger charge is 2.28. The van der Waals surface area contributed by atoms with Gasteiger partial charge in [0.25, 0.3) is 0 Å². The van der Waals surface area contributed by atoms with E-state index in [1.807, 2.05) is 0 Å². The molecule has 1 N–H and O–H groups in total. The first-order chi connectivity index (χ1) is 5.65. The summed E-state index contributed by atoms with van der Waals surface area (Å²) >= 11 is 0. The molecule has 0 amide bonds. The normalized spacial score (nSPS) is 31.8. The zero-order valence-corrected chi connectivity index (χ0v) is 8.93. The molecule has 0 spiro atoms. The van der Waals surface area contributed by atoms with Gasteiger partial charge in [-0.3, -0.25) is 0 Å². The Labute approximate surface area is 76.9 Å². The van der Waals surface area contributed by atoms with E-state index in [1.54, 1.807) is 0 Å². The minimum atomic E-state index is 0.734. The topological polar surface area (TPSA) is 12.0 Å². The van der Waals surface area contributed by atoms with Gasteiger partial charge in [0, 0.05) is 12.1 Å². The number of rotatable bonds is 4. The third kappa shape index (κ3) is 2.22. The zero-order valence-electron chi connectivity index (χ0n) is 8.93. The average molecular weight is 169 g/mol. The minimum absolute atomic E-state index is 0.734. The molecule has 0 aromatic rings. The van der Waals surface area contributed by atoms with Gasteiger partial charge in [-0.25, -0.2) is 0 Å². The summed E-state index contributed by atoms with van der Waals surface area (Å²) in [6, 6.07) is 1.55. The van der Waals surface area contributed by atoms with Crippen LogP contribution in [0.2, 0.25) is 0 Å². The molecule has 1 fully saturated rings. The number of hydrogen-bond donors (Lipinski definition) is 1. The quantitative estimate of drug-likeness (QED) is 0.682. The molecule has 1 aliphatic carbocycles. The third-order valence-electron chi connectivity index (χ3n) is 3.29. The second-order valence-electron chi connectivity index (χ2n) is 4.59. The maximum absolute atomic E-state index is 3.75. The molecule has 1 heteroatoms. The molecule has 0 radical (unpaired) electrons. The Kier molecular flexibility index (Phi) is 3.57. The van der Waals surface area contributed by atoms with Crippen molar-refractivity contribution < 1.29 is 0 Å². The summed E-state index contributed by atoms with van der Waals surface area (Å²) in [5.74, 6) is 1.69. The molecule has 72 valence electrons. The van der Waals surface area contributed by atoms with Gasteiger partial charge in [-0.2, -0.15) is 0 Å². The van der Waals surface area contributed by atoms with Gasteiger partial charge in [0.2, 0.25) is 0 Å². The van der Waals surface area contributed by atoms with Gasteiger partial charge in [-0.05, 0) is 31.1 Å². The van der Waals surface area contributed by atoms with Crippen molar-refractivity contribution in [1.29, 1.82) is 0 Å². The van der Waals surface area contributed by atoms with Crippen LogP contribution in [0.5, 0.6) is 0 Å². The summed E-state index contributed by atoms with van der Waals surface area (Å²) in [6.45, 7) is 9.25. The highest BCUT2D eigenvalue weighted by Crippen LogP contribution is 2.27. The average Bonchev–Trinajstić information content (AvgIpc) is 2.02.